The zero-order chi connectivity index (χ0) is 17.4. The first kappa shape index (κ1) is 22.0. The quantitative estimate of drug-likeness (QED) is 0.254. The summed E-state index contributed by atoms with van der Waals surface area (Å²) in [6.07, 6.45) is 2.01. The number of halogens is 1. The molecule has 1 aromatic carbocycles. The SMILES string of the molecule is CCNC(=NCCNC(C)(C)C)NCCc1ccc2c(c1)CCO2.I. The molecule has 1 heterocycles. The van der Waals surface area contributed by atoms with Crippen molar-refractivity contribution in [1.29, 1.82) is 0 Å². The minimum atomic E-state index is 0. The van der Waals surface area contributed by atoms with E-state index in [0.29, 0.717) is 0 Å². The molecule has 1 aliphatic rings. The third-order valence-electron chi connectivity index (χ3n) is 3.84. The highest BCUT2D eigenvalue weighted by Gasteiger charge is 2.11. The van der Waals surface area contributed by atoms with Crippen LogP contribution < -0.4 is 20.7 Å². The van der Waals surface area contributed by atoms with Crippen molar-refractivity contribution in [3.8, 4) is 5.75 Å². The molecule has 1 aromatic rings. The topological polar surface area (TPSA) is 57.7 Å². The van der Waals surface area contributed by atoms with Gasteiger partial charge in [-0.3, -0.25) is 4.99 Å². The summed E-state index contributed by atoms with van der Waals surface area (Å²) in [5.74, 6) is 1.94. The Morgan fingerprint density at radius 2 is 2.00 bits per heavy atom. The lowest BCUT2D eigenvalue weighted by atomic mass is 10.1. The number of nitrogens with one attached hydrogen (secondary N) is 3. The van der Waals surface area contributed by atoms with Crippen LogP contribution in [0.4, 0.5) is 0 Å². The molecular formula is C19H33IN4O. The first-order valence-electron chi connectivity index (χ1n) is 9.00. The largest absolute Gasteiger partial charge is 0.493 e. The van der Waals surface area contributed by atoms with Gasteiger partial charge in [-0.05, 0) is 51.3 Å². The molecule has 1 aliphatic heterocycles. The number of aliphatic imine (C=N–C) groups is 1. The summed E-state index contributed by atoms with van der Waals surface area (Å²) in [5, 5.41) is 10.2. The van der Waals surface area contributed by atoms with Gasteiger partial charge in [0.2, 0.25) is 0 Å². The van der Waals surface area contributed by atoms with E-state index in [1.54, 1.807) is 0 Å². The van der Waals surface area contributed by atoms with Crippen LogP contribution in [-0.4, -0.2) is 44.3 Å². The number of ether oxygens (including phenoxy) is 1. The Kier molecular flexibility index (Phi) is 9.56. The third-order valence-corrected chi connectivity index (χ3v) is 3.84. The van der Waals surface area contributed by atoms with Crippen LogP contribution >= 0.6 is 24.0 Å². The lowest BCUT2D eigenvalue weighted by Crippen LogP contribution is -2.40. The molecule has 0 fully saturated rings. The van der Waals surface area contributed by atoms with Gasteiger partial charge in [-0.25, -0.2) is 0 Å². The van der Waals surface area contributed by atoms with Crippen LogP contribution in [0.3, 0.4) is 0 Å². The molecule has 0 aromatic heterocycles. The van der Waals surface area contributed by atoms with E-state index < -0.39 is 0 Å². The first-order chi connectivity index (χ1) is 11.5. The smallest absolute Gasteiger partial charge is 0.191 e. The summed E-state index contributed by atoms with van der Waals surface area (Å²) in [6, 6.07) is 6.51. The minimum Gasteiger partial charge on any atom is -0.493 e. The highest BCUT2D eigenvalue weighted by atomic mass is 127. The predicted octanol–water partition coefficient (Wildman–Crippen LogP) is 2.73. The molecule has 5 nitrogen and oxygen atoms in total. The van der Waals surface area contributed by atoms with Crippen LogP contribution in [0.15, 0.2) is 23.2 Å². The number of guanidine groups is 1. The van der Waals surface area contributed by atoms with E-state index in [2.05, 4.69) is 66.8 Å². The Bertz CT molecular complexity index is 555. The molecule has 0 saturated carbocycles. The van der Waals surface area contributed by atoms with Gasteiger partial charge in [-0.1, -0.05) is 12.1 Å². The number of hydrogen-bond acceptors (Lipinski definition) is 3. The van der Waals surface area contributed by atoms with E-state index in [1.165, 1.54) is 11.1 Å². The van der Waals surface area contributed by atoms with Crippen molar-refractivity contribution in [3.05, 3.63) is 29.3 Å². The van der Waals surface area contributed by atoms with Crippen molar-refractivity contribution in [1.82, 2.24) is 16.0 Å². The Morgan fingerprint density at radius 1 is 1.20 bits per heavy atom. The standard InChI is InChI=1S/C19H32N4O.HI/c1-5-20-18(22-11-12-23-19(2,3)4)21-10-8-15-6-7-17-16(14-15)9-13-24-17;/h6-7,14,23H,5,8-13H2,1-4H3,(H2,20,21,22);1H. The second-order valence-corrected chi connectivity index (χ2v) is 7.15. The van der Waals surface area contributed by atoms with Gasteiger partial charge in [0.05, 0.1) is 13.2 Å². The lowest BCUT2D eigenvalue weighted by molar-refractivity contribution is 0.357. The van der Waals surface area contributed by atoms with Gasteiger partial charge in [-0.2, -0.15) is 0 Å². The maximum atomic E-state index is 5.56. The summed E-state index contributed by atoms with van der Waals surface area (Å²) >= 11 is 0. The molecule has 6 heteroatoms. The van der Waals surface area contributed by atoms with Crippen LogP contribution in [0.1, 0.15) is 38.8 Å². The number of nitrogens with zero attached hydrogens (tertiary/aromatic N) is 1. The second-order valence-electron chi connectivity index (χ2n) is 7.15. The lowest BCUT2D eigenvalue weighted by Gasteiger charge is -2.20. The third kappa shape index (κ3) is 8.27. The fraction of sp³-hybridized carbons (Fsp3) is 0.632. The van der Waals surface area contributed by atoms with Gasteiger partial charge in [0, 0.05) is 31.6 Å². The zero-order valence-corrected chi connectivity index (χ0v) is 18.3. The van der Waals surface area contributed by atoms with Crippen LogP contribution in [0.2, 0.25) is 0 Å². The average molecular weight is 460 g/mol. The Hall–Kier alpha value is -1.02. The highest BCUT2D eigenvalue weighted by molar-refractivity contribution is 14.0. The molecule has 3 N–H and O–H groups in total. The molecule has 0 unspecified atom stereocenters. The zero-order valence-electron chi connectivity index (χ0n) is 15.9. The van der Waals surface area contributed by atoms with E-state index in [0.717, 1.165) is 57.3 Å². The summed E-state index contributed by atoms with van der Waals surface area (Å²) in [4.78, 5) is 4.62. The fourth-order valence-corrected chi connectivity index (χ4v) is 2.66. The van der Waals surface area contributed by atoms with Gasteiger partial charge >= 0.3 is 0 Å². The van der Waals surface area contributed by atoms with Gasteiger partial charge in [0.1, 0.15) is 5.75 Å². The van der Waals surface area contributed by atoms with Gasteiger partial charge in [0.15, 0.2) is 5.96 Å². The summed E-state index contributed by atoms with van der Waals surface area (Å²) in [7, 11) is 0. The Morgan fingerprint density at radius 3 is 2.72 bits per heavy atom. The van der Waals surface area contributed by atoms with Gasteiger partial charge in [0.25, 0.3) is 0 Å². The molecule has 2 rings (SSSR count). The van der Waals surface area contributed by atoms with Crippen molar-refractivity contribution in [3.63, 3.8) is 0 Å². The summed E-state index contributed by atoms with van der Waals surface area (Å²) in [5.41, 5.74) is 2.82. The maximum Gasteiger partial charge on any atom is 0.191 e. The van der Waals surface area contributed by atoms with Crippen molar-refractivity contribution in [2.24, 2.45) is 4.99 Å². The van der Waals surface area contributed by atoms with Crippen LogP contribution in [-0.2, 0) is 12.8 Å². The molecule has 0 spiro atoms. The molecule has 0 saturated heterocycles. The Labute approximate surface area is 169 Å². The van der Waals surface area contributed by atoms with Crippen molar-refractivity contribution < 1.29 is 4.74 Å². The summed E-state index contributed by atoms with van der Waals surface area (Å²) < 4.78 is 5.56. The van der Waals surface area contributed by atoms with Crippen molar-refractivity contribution in [2.75, 3.05) is 32.8 Å². The van der Waals surface area contributed by atoms with E-state index in [4.69, 9.17) is 4.74 Å². The molecule has 142 valence electrons. The monoisotopic (exact) mass is 460 g/mol. The molecule has 25 heavy (non-hydrogen) atoms. The number of rotatable bonds is 7. The average Bonchev–Trinajstić information content (AvgIpc) is 2.98. The molecule has 0 amide bonds. The molecule has 0 atom stereocenters. The normalized spacial score (nSPS) is 13.7. The Balaban J connectivity index is 0.00000312. The van der Waals surface area contributed by atoms with E-state index in [9.17, 15) is 0 Å². The van der Waals surface area contributed by atoms with Crippen LogP contribution in [0.5, 0.6) is 5.75 Å². The number of benzene rings is 1. The first-order valence-corrected chi connectivity index (χ1v) is 9.00. The van der Waals surface area contributed by atoms with E-state index in [1.807, 2.05) is 0 Å². The minimum absolute atomic E-state index is 0. The predicted molar refractivity (Wildman–Crippen MR) is 116 cm³/mol. The maximum absolute atomic E-state index is 5.56. The molecular weight excluding hydrogens is 427 g/mol. The van der Waals surface area contributed by atoms with Crippen molar-refractivity contribution >= 4 is 29.9 Å². The fourth-order valence-electron chi connectivity index (χ4n) is 2.66. The van der Waals surface area contributed by atoms with Crippen LogP contribution in [0.25, 0.3) is 0 Å². The highest BCUT2D eigenvalue weighted by Crippen LogP contribution is 2.25. The molecule has 0 bridgehead atoms. The summed E-state index contributed by atoms with van der Waals surface area (Å²) in [6.45, 7) is 12.8. The van der Waals surface area contributed by atoms with E-state index in [-0.39, 0.29) is 29.5 Å². The number of hydrogen-bond donors (Lipinski definition) is 3. The molecule has 0 aliphatic carbocycles. The molecule has 0 radical (unpaired) electrons. The van der Waals surface area contributed by atoms with Gasteiger partial charge in [-0.15, -0.1) is 24.0 Å². The van der Waals surface area contributed by atoms with Gasteiger partial charge < -0.3 is 20.7 Å². The van der Waals surface area contributed by atoms with E-state index >= 15 is 0 Å². The second kappa shape index (κ2) is 10.9. The van der Waals surface area contributed by atoms with Crippen molar-refractivity contribution in [2.45, 2.75) is 46.1 Å². The number of fused-ring (bicyclic) bond motifs is 1. The van der Waals surface area contributed by atoms with Crippen LogP contribution in [0, 0.1) is 0 Å².